The molecule has 2 aromatic carbocycles. The second-order valence-corrected chi connectivity index (χ2v) is 16.5. The van der Waals surface area contributed by atoms with E-state index in [-0.39, 0.29) is 46.9 Å². The van der Waals surface area contributed by atoms with Gasteiger partial charge < -0.3 is 30.2 Å². The van der Waals surface area contributed by atoms with Crippen LogP contribution in [-0.2, 0) is 16.0 Å². The molecule has 0 radical (unpaired) electrons. The maximum absolute atomic E-state index is 15.4. The molecule has 2 N–H and O–H groups in total. The predicted molar refractivity (Wildman–Crippen MR) is 195 cm³/mol. The summed E-state index contributed by atoms with van der Waals surface area (Å²) in [5.74, 6) is -0.399. The first-order chi connectivity index (χ1) is 23.6. The van der Waals surface area contributed by atoms with Gasteiger partial charge in [-0.25, -0.2) is 9.18 Å². The van der Waals surface area contributed by atoms with Crippen molar-refractivity contribution >= 4 is 41.0 Å². The van der Waals surface area contributed by atoms with Gasteiger partial charge in [-0.1, -0.05) is 57.5 Å². The van der Waals surface area contributed by atoms with Gasteiger partial charge in [0, 0.05) is 63.0 Å². The summed E-state index contributed by atoms with van der Waals surface area (Å²) in [6, 6.07) is 13.0. The van der Waals surface area contributed by atoms with Crippen LogP contribution in [0.3, 0.4) is 0 Å². The van der Waals surface area contributed by atoms with Crippen LogP contribution in [0.2, 0.25) is 0 Å². The van der Waals surface area contributed by atoms with Crippen molar-refractivity contribution in [3.63, 3.8) is 0 Å². The molecule has 0 bridgehead atoms. The third kappa shape index (κ3) is 8.71. The van der Waals surface area contributed by atoms with Gasteiger partial charge in [0.25, 0.3) is 0 Å². The van der Waals surface area contributed by atoms with Gasteiger partial charge in [-0.15, -0.1) is 11.8 Å². The molecule has 266 valence electrons. The third-order valence-corrected chi connectivity index (χ3v) is 12.0. The molecule has 6 rings (SSSR count). The van der Waals surface area contributed by atoms with Crippen molar-refractivity contribution in [2.24, 2.45) is 5.41 Å². The number of anilines is 2. The minimum Gasteiger partial charge on any atom is -0.381 e. The molecule has 3 saturated heterocycles. The van der Waals surface area contributed by atoms with E-state index in [1.54, 1.807) is 6.07 Å². The maximum atomic E-state index is 15.4. The van der Waals surface area contributed by atoms with E-state index in [0.29, 0.717) is 51.3 Å². The third-order valence-electron chi connectivity index (χ3n) is 10.5. The van der Waals surface area contributed by atoms with Crippen LogP contribution in [-0.4, -0.2) is 101 Å². The zero-order valence-corrected chi connectivity index (χ0v) is 30.2. The highest BCUT2D eigenvalue weighted by atomic mass is 32.2. The first kappa shape index (κ1) is 35.5. The number of nitrogens with zero attached hydrogens (tertiary/aromatic N) is 4. The molecule has 0 aliphatic carbocycles. The number of para-hydroxylation sites is 2. The predicted octanol–water partition coefficient (Wildman–Crippen LogP) is 6.57. The summed E-state index contributed by atoms with van der Waals surface area (Å²) in [5, 5.41) is 5.54. The SMILES string of the molecule is CC(C)(C)CCN1C(=O)[C@H](CC(=O)N2CCC(N3CCc4ccccc4NC3=O)CC2)SC1c1cccc(F)c1NCCN1CCCCC1. The number of piperidine rings is 2. The van der Waals surface area contributed by atoms with E-state index < -0.39 is 5.25 Å². The molecule has 4 amide bonds. The number of nitrogens with one attached hydrogen (secondary N) is 2. The Balaban J connectivity index is 1.10. The lowest BCUT2D eigenvalue weighted by molar-refractivity contribution is -0.137. The molecule has 4 aliphatic heterocycles. The summed E-state index contributed by atoms with van der Waals surface area (Å²) >= 11 is 1.48. The van der Waals surface area contributed by atoms with Gasteiger partial charge in [0.2, 0.25) is 11.8 Å². The van der Waals surface area contributed by atoms with Crippen molar-refractivity contribution in [3.05, 3.63) is 59.4 Å². The second kappa shape index (κ2) is 15.7. The van der Waals surface area contributed by atoms with Gasteiger partial charge in [0.1, 0.15) is 11.2 Å². The average Bonchev–Trinajstić information content (AvgIpc) is 3.28. The Kier molecular flexibility index (Phi) is 11.4. The Bertz CT molecular complexity index is 1490. The first-order valence-corrected chi connectivity index (χ1v) is 19.2. The lowest BCUT2D eigenvalue weighted by atomic mass is 9.92. The summed E-state index contributed by atoms with van der Waals surface area (Å²) < 4.78 is 15.4. The number of carbonyl (C=O) groups is 3. The van der Waals surface area contributed by atoms with E-state index in [1.807, 2.05) is 39.0 Å². The van der Waals surface area contributed by atoms with Crippen molar-refractivity contribution in [1.82, 2.24) is 19.6 Å². The average molecular weight is 693 g/mol. The first-order valence-electron chi connectivity index (χ1n) is 18.2. The summed E-state index contributed by atoms with van der Waals surface area (Å²) in [6.07, 6.45) is 6.80. The minimum absolute atomic E-state index is 0.0122. The Morgan fingerprint density at radius 2 is 1.71 bits per heavy atom. The largest absolute Gasteiger partial charge is 0.381 e. The van der Waals surface area contributed by atoms with Gasteiger partial charge >= 0.3 is 6.03 Å². The van der Waals surface area contributed by atoms with Crippen LogP contribution in [0, 0.1) is 11.2 Å². The normalized spacial score (nSPS) is 22.6. The zero-order valence-electron chi connectivity index (χ0n) is 29.4. The van der Waals surface area contributed by atoms with Crippen molar-refractivity contribution in [1.29, 1.82) is 0 Å². The Labute approximate surface area is 295 Å². The molecule has 2 aromatic rings. The number of hydrogen-bond donors (Lipinski definition) is 2. The molecule has 3 fully saturated rings. The highest BCUT2D eigenvalue weighted by Crippen LogP contribution is 2.47. The van der Waals surface area contributed by atoms with E-state index >= 15 is 4.39 Å². The molecular formula is C38H53FN6O3S. The van der Waals surface area contributed by atoms with E-state index in [0.717, 1.165) is 49.3 Å². The van der Waals surface area contributed by atoms with Crippen LogP contribution in [0.5, 0.6) is 0 Å². The van der Waals surface area contributed by atoms with Crippen LogP contribution in [0.1, 0.15) is 82.2 Å². The monoisotopic (exact) mass is 692 g/mol. The van der Waals surface area contributed by atoms with E-state index in [4.69, 9.17) is 0 Å². The standard InChI is InChI=1S/C38H53FN6O3S/c1-38(2,3)17-24-45-35(47)32(49-36(45)29-11-9-12-30(39)34(29)40-18-25-42-19-7-4-8-20-42)26-33(46)43-21-15-28(16-22-43)44-23-14-27-10-5-6-13-31(27)41-37(44)48/h5-6,9-13,28,32,36,40H,4,7-8,14-26H2,1-3H3,(H,41,48)/t32-,36?/m0/s1. The van der Waals surface area contributed by atoms with Gasteiger partial charge in [-0.3, -0.25) is 9.59 Å². The van der Waals surface area contributed by atoms with Gasteiger partial charge in [-0.2, -0.15) is 0 Å². The van der Waals surface area contributed by atoms with Crippen LogP contribution in [0.25, 0.3) is 0 Å². The molecule has 0 spiro atoms. The van der Waals surface area contributed by atoms with Crippen molar-refractivity contribution < 1.29 is 18.8 Å². The number of thioether (sulfide) groups is 1. The molecule has 11 heteroatoms. The summed E-state index contributed by atoms with van der Waals surface area (Å²) in [5.41, 5.74) is 3.24. The van der Waals surface area contributed by atoms with Crippen molar-refractivity contribution in [3.8, 4) is 0 Å². The number of hydrogen-bond acceptors (Lipinski definition) is 6. The van der Waals surface area contributed by atoms with E-state index in [9.17, 15) is 14.4 Å². The smallest absolute Gasteiger partial charge is 0.322 e. The molecule has 4 heterocycles. The minimum atomic E-state index is -0.533. The lowest BCUT2D eigenvalue weighted by Crippen LogP contribution is -2.50. The number of urea groups is 1. The van der Waals surface area contributed by atoms with Crippen molar-refractivity contribution in [2.45, 2.75) is 88.8 Å². The molecule has 4 aliphatic rings. The Morgan fingerprint density at radius 3 is 2.47 bits per heavy atom. The maximum Gasteiger partial charge on any atom is 0.322 e. The number of carbonyl (C=O) groups excluding carboxylic acids is 3. The molecule has 9 nitrogen and oxygen atoms in total. The summed E-state index contributed by atoms with van der Waals surface area (Å²) in [6.45, 7) is 12.4. The highest BCUT2D eigenvalue weighted by molar-refractivity contribution is 8.01. The fourth-order valence-electron chi connectivity index (χ4n) is 7.56. The number of halogens is 1. The van der Waals surface area contributed by atoms with Gasteiger partial charge in [-0.05, 0) is 74.7 Å². The Morgan fingerprint density at radius 1 is 0.959 bits per heavy atom. The van der Waals surface area contributed by atoms with Crippen LogP contribution >= 0.6 is 11.8 Å². The second-order valence-electron chi connectivity index (χ2n) is 15.2. The number of amides is 4. The van der Waals surface area contributed by atoms with Gasteiger partial charge in [0.05, 0.1) is 10.9 Å². The summed E-state index contributed by atoms with van der Waals surface area (Å²) in [4.78, 5) is 48.9. The number of rotatable bonds is 10. The zero-order chi connectivity index (χ0) is 34.5. The number of fused-ring (bicyclic) bond motifs is 1. The molecular weight excluding hydrogens is 640 g/mol. The fraction of sp³-hybridized carbons (Fsp3) is 0.605. The molecule has 0 saturated carbocycles. The molecule has 2 atom stereocenters. The topological polar surface area (TPSA) is 88.2 Å². The lowest BCUT2D eigenvalue weighted by Gasteiger charge is -2.38. The van der Waals surface area contributed by atoms with E-state index in [2.05, 4.69) is 42.4 Å². The Hall–Kier alpha value is -3.31. The van der Waals surface area contributed by atoms with Gasteiger partial charge in [0.15, 0.2) is 0 Å². The van der Waals surface area contributed by atoms with E-state index in [1.165, 1.54) is 37.1 Å². The van der Waals surface area contributed by atoms with Crippen molar-refractivity contribution in [2.75, 3.05) is 63.0 Å². The number of benzene rings is 2. The van der Waals surface area contributed by atoms with Crippen LogP contribution in [0.15, 0.2) is 42.5 Å². The molecule has 1 unspecified atom stereocenters. The quantitative estimate of drug-likeness (QED) is 0.293. The molecule has 0 aromatic heterocycles. The molecule has 49 heavy (non-hydrogen) atoms. The fourth-order valence-corrected chi connectivity index (χ4v) is 9.06. The van der Waals surface area contributed by atoms with Crippen LogP contribution < -0.4 is 10.6 Å². The van der Waals surface area contributed by atoms with Crippen LogP contribution in [0.4, 0.5) is 20.6 Å². The summed E-state index contributed by atoms with van der Waals surface area (Å²) in [7, 11) is 0. The highest BCUT2D eigenvalue weighted by Gasteiger charge is 2.44. The number of likely N-dealkylation sites (tertiary alicyclic amines) is 2.